The molecule has 116 valence electrons. The summed E-state index contributed by atoms with van der Waals surface area (Å²) in [6, 6.07) is 3.06. The minimum Gasteiger partial charge on any atom is -0.544 e. The molecule has 0 bridgehead atoms. The predicted molar refractivity (Wildman–Crippen MR) is 68.0 cm³/mol. The van der Waals surface area contributed by atoms with Gasteiger partial charge in [0.05, 0.1) is 5.56 Å². The Morgan fingerprint density at radius 2 is 2.00 bits per heavy atom. The molecule has 2 amide bonds. The second kappa shape index (κ2) is 4.44. The van der Waals surface area contributed by atoms with E-state index < -0.39 is 41.2 Å². The Hall–Kier alpha value is -2.61. The van der Waals surface area contributed by atoms with Crippen LogP contribution < -0.4 is 15.7 Å². The molecule has 2 fully saturated rings. The molecule has 2 heterocycles. The number of amides is 2. The highest BCUT2D eigenvalue weighted by molar-refractivity contribution is 6.08. The van der Waals surface area contributed by atoms with E-state index in [2.05, 4.69) is 5.32 Å². The van der Waals surface area contributed by atoms with Crippen LogP contribution >= 0.6 is 0 Å². The molecule has 22 heavy (non-hydrogen) atoms. The monoisotopic (exact) mass is 306 g/mol. The van der Waals surface area contributed by atoms with E-state index in [-0.39, 0.29) is 17.1 Å². The summed E-state index contributed by atoms with van der Waals surface area (Å²) in [5, 5.41) is 34.3. The van der Waals surface area contributed by atoms with E-state index in [0.717, 1.165) is 6.07 Å². The molecule has 2 aliphatic rings. The maximum atomic E-state index is 12.0. The second-order valence-electron chi connectivity index (χ2n) is 5.86. The number of fused-ring (bicyclic) bond motifs is 1. The van der Waals surface area contributed by atoms with Gasteiger partial charge in [0.1, 0.15) is 40.9 Å². The zero-order chi connectivity index (χ0) is 16.2. The Morgan fingerprint density at radius 1 is 1.32 bits per heavy atom. The molecule has 1 aromatic rings. The molecule has 0 spiro atoms. The lowest BCUT2D eigenvalue weighted by Gasteiger charge is -2.27. The van der Waals surface area contributed by atoms with Gasteiger partial charge in [-0.25, -0.2) is 0 Å². The Labute approximate surface area is 124 Å². The number of carbonyl (C=O) groups excluding carboxylic acids is 3. The van der Waals surface area contributed by atoms with E-state index in [1.54, 1.807) is 0 Å². The van der Waals surface area contributed by atoms with Crippen molar-refractivity contribution in [2.75, 3.05) is 0 Å². The minimum atomic E-state index is -1.62. The van der Waals surface area contributed by atoms with Crippen LogP contribution in [0.3, 0.4) is 0 Å². The predicted octanol–water partition coefficient (Wildman–Crippen LogP) is -2.89. The average molecular weight is 306 g/mol. The van der Waals surface area contributed by atoms with Crippen LogP contribution in [0.15, 0.2) is 18.2 Å². The highest BCUT2D eigenvalue weighted by Gasteiger charge is 2.65. The first-order valence-electron chi connectivity index (χ1n) is 6.70. The Balaban J connectivity index is 2.11. The summed E-state index contributed by atoms with van der Waals surface area (Å²) in [5.41, 5.74) is -1.33. The lowest BCUT2D eigenvalue weighted by Crippen LogP contribution is -2.98. The fourth-order valence-electron chi connectivity index (χ4n) is 3.49. The normalized spacial score (nSPS) is 33.6. The summed E-state index contributed by atoms with van der Waals surface area (Å²) >= 11 is 0. The SMILES string of the molecule is C[C@]1(C(=O)[O-])[NH2+][C@@H](c2ccc(O)cc2O)[C@H]2C(=O)NC(=O)[C@H]21. The number of rotatable bonds is 2. The Morgan fingerprint density at radius 3 is 2.59 bits per heavy atom. The van der Waals surface area contributed by atoms with E-state index in [0.29, 0.717) is 0 Å². The van der Waals surface area contributed by atoms with Crippen molar-refractivity contribution in [2.24, 2.45) is 11.8 Å². The first kappa shape index (κ1) is 14.3. The third-order valence-electron chi connectivity index (χ3n) is 4.56. The van der Waals surface area contributed by atoms with Crippen LogP contribution in [0.2, 0.25) is 0 Å². The van der Waals surface area contributed by atoms with Crippen LogP contribution in [0.5, 0.6) is 11.5 Å². The van der Waals surface area contributed by atoms with E-state index in [9.17, 15) is 29.7 Å². The van der Waals surface area contributed by atoms with Gasteiger partial charge >= 0.3 is 0 Å². The fourth-order valence-corrected chi connectivity index (χ4v) is 3.49. The van der Waals surface area contributed by atoms with Crippen LogP contribution in [0.25, 0.3) is 0 Å². The largest absolute Gasteiger partial charge is 0.544 e. The van der Waals surface area contributed by atoms with Crippen molar-refractivity contribution in [1.29, 1.82) is 0 Å². The third kappa shape index (κ3) is 1.77. The Kier molecular flexibility index (Phi) is 2.89. The molecule has 2 aliphatic heterocycles. The van der Waals surface area contributed by atoms with Crippen molar-refractivity contribution in [3.05, 3.63) is 23.8 Å². The van der Waals surface area contributed by atoms with Crippen LogP contribution in [0, 0.1) is 11.8 Å². The number of carboxylic acid groups (broad SMARTS) is 1. The zero-order valence-electron chi connectivity index (χ0n) is 11.6. The molecular weight excluding hydrogens is 292 g/mol. The van der Waals surface area contributed by atoms with Crippen molar-refractivity contribution >= 4 is 17.8 Å². The van der Waals surface area contributed by atoms with E-state index in [1.807, 2.05) is 0 Å². The quantitative estimate of drug-likeness (QED) is 0.432. The summed E-state index contributed by atoms with van der Waals surface area (Å²) in [6.45, 7) is 1.33. The van der Waals surface area contributed by atoms with Crippen molar-refractivity contribution < 1.29 is 35.0 Å². The van der Waals surface area contributed by atoms with Gasteiger partial charge in [-0.15, -0.1) is 0 Å². The van der Waals surface area contributed by atoms with Crippen LogP contribution in [-0.2, 0) is 14.4 Å². The molecule has 8 heteroatoms. The number of hydrogen-bond acceptors (Lipinski definition) is 6. The first-order chi connectivity index (χ1) is 10.3. The molecule has 0 unspecified atom stereocenters. The lowest BCUT2D eigenvalue weighted by molar-refractivity contribution is -0.735. The Bertz CT molecular complexity index is 703. The van der Waals surface area contributed by atoms with Gasteiger partial charge in [0, 0.05) is 6.07 Å². The van der Waals surface area contributed by atoms with Gasteiger partial charge in [0.2, 0.25) is 11.8 Å². The number of phenolic OH excluding ortho intramolecular Hbond substituents is 2. The van der Waals surface area contributed by atoms with E-state index >= 15 is 0 Å². The number of benzene rings is 1. The molecule has 3 rings (SSSR count). The van der Waals surface area contributed by atoms with Gasteiger partial charge < -0.3 is 25.4 Å². The van der Waals surface area contributed by atoms with Crippen LogP contribution in [0.4, 0.5) is 0 Å². The van der Waals surface area contributed by atoms with Crippen molar-refractivity contribution in [3.8, 4) is 11.5 Å². The number of phenols is 2. The van der Waals surface area contributed by atoms with Crippen molar-refractivity contribution in [3.63, 3.8) is 0 Å². The van der Waals surface area contributed by atoms with Gasteiger partial charge in [-0.1, -0.05) is 0 Å². The van der Waals surface area contributed by atoms with Gasteiger partial charge in [0.15, 0.2) is 0 Å². The molecule has 0 radical (unpaired) electrons. The van der Waals surface area contributed by atoms with E-state index in [4.69, 9.17) is 0 Å². The maximum absolute atomic E-state index is 12.0. The maximum Gasteiger partial charge on any atom is 0.237 e. The number of nitrogens with one attached hydrogen (secondary N) is 1. The van der Waals surface area contributed by atoms with E-state index in [1.165, 1.54) is 24.4 Å². The highest BCUT2D eigenvalue weighted by atomic mass is 16.4. The molecule has 0 aliphatic carbocycles. The van der Waals surface area contributed by atoms with Crippen molar-refractivity contribution in [1.82, 2.24) is 5.32 Å². The van der Waals surface area contributed by atoms with Gasteiger partial charge in [-0.2, -0.15) is 0 Å². The van der Waals surface area contributed by atoms with Gasteiger partial charge in [-0.05, 0) is 19.1 Å². The summed E-state index contributed by atoms with van der Waals surface area (Å²) in [4.78, 5) is 35.5. The number of aromatic hydroxyl groups is 2. The number of hydrogen-bond donors (Lipinski definition) is 4. The number of aliphatic carboxylic acids is 1. The summed E-state index contributed by atoms with van der Waals surface area (Å²) in [5.74, 6) is -5.12. The summed E-state index contributed by atoms with van der Waals surface area (Å²) in [7, 11) is 0. The molecule has 5 N–H and O–H groups in total. The molecule has 0 saturated carbocycles. The zero-order valence-corrected chi connectivity index (χ0v) is 11.6. The number of nitrogens with two attached hydrogens (primary N) is 1. The smallest absolute Gasteiger partial charge is 0.237 e. The second-order valence-corrected chi connectivity index (χ2v) is 5.86. The third-order valence-corrected chi connectivity index (χ3v) is 4.56. The first-order valence-corrected chi connectivity index (χ1v) is 6.70. The van der Waals surface area contributed by atoms with Gasteiger partial charge in [0.25, 0.3) is 0 Å². The number of carboxylic acids is 1. The summed E-state index contributed by atoms with van der Waals surface area (Å²) < 4.78 is 0. The molecule has 8 nitrogen and oxygen atoms in total. The van der Waals surface area contributed by atoms with Crippen molar-refractivity contribution in [2.45, 2.75) is 18.5 Å². The van der Waals surface area contributed by atoms with Crippen LogP contribution in [0.1, 0.15) is 18.5 Å². The molecular formula is C14H14N2O6. The number of carbonyl (C=O) groups is 3. The molecule has 1 aromatic carbocycles. The molecule has 2 saturated heterocycles. The summed E-state index contributed by atoms with van der Waals surface area (Å²) in [6.07, 6.45) is 0. The highest BCUT2D eigenvalue weighted by Crippen LogP contribution is 2.43. The number of imide groups is 1. The lowest BCUT2D eigenvalue weighted by atomic mass is 9.80. The van der Waals surface area contributed by atoms with Gasteiger partial charge in [-0.3, -0.25) is 14.9 Å². The number of quaternary nitrogens is 1. The topological polar surface area (TPSA) is 143 Å². The average Bonchev–Trinajstić information content (AvgIpc) is 2.88. The molecule has 4 atom stereocenters. The minimum absolute atomic E-state index is 0.162. The van der Waals surface area contributed by atoms with Crippen LogP contribution in [-0.4, -0.2) is 33.5 Å². The standard InChI is InChI=1S/C14H14N2O6/c1-14(13(21)22)9-8(11(19)15-12(9)20)10(16-14)6-3-2-5(17)4-7(6)18/h2-4,8-10,16-18H,1H3,(H,21,22)(H,15,19,20)/t8-,9-,10-,14-/m0/s1. The molecule has 0 aromatic heterocycles. The fraction of sp³-hybridized carbons (Fsp3) is 0.357.